The van der Waals surface area contributed by atoms with Crippen LogP contribution in [-0.2, 0) is 19.1 Å². The summed E-state index contributed by atoms with van der Waals surface area (Å²) in [4.78, 5) is 23.3. The van der Waals surface area contributed by atoms with Gasteiger partial charge in [-0.2, -0.15) is 0 Å². The van der Waals surface area contributed by atoms with Gasteiger partial charge in [-0.3, -0.25) is 9.59 Å². The smallest absolute Gasteiger partial charge is 0.306 e. The number of esters is 2. The van der Waals surface area contributed by atoms with Crippen LogP contribution in [0, 0.1) is 11.8 Å². The quantitative estimate of drug-likeness (QED) is 0.245. The van der Waals surface area contributed by atoms with Gasteiger partial charge in [-0.15, -0.1) is 0 Å². The van der Waals surface area contributed by atoms with Crippen molar-refractivity contribution < 1.29 is 19.1 Å². The number of hydrogen-bond acceptors (Lipinski definition) is 4. The van der Waals surface area contributed by atoms with E-state index in [0.717, 1.165) is 51.4 Å². The largest absolute Gasteiger partial charge is 0.465 e. The summed E-state index contributed by atoms with van der Waals surface area (Å²) in [5, 5.41) is 0. The molecule has 1 atom stereocenters. The lowest BCUT2D eigenvalue weighted by Crippen LogP contribution is -2.14. The molecule has 0 N–H and O–H groups in total. The van der Waals surface area contributed by atoms with Crippen molar-refractivity contribution in [3.8, 4) is 0 Å². The molecule has 4 heteroatoms. The summed E-state index contributed by atoms with van der Waals surface area (Å²) in [6.07, 6.45) is 10.5. The Balaban J connectivity index is 3.43. The molecule has 0 aromatic rings. The van der Waals surface area contributed by atoms with E-state index in [1.54, 1.807) is 0 Å². The zero-order valence-electron chi connectivity index (χ0n) is 17.9. The second kappa shape index (κ2) is 16.1. The van der Waals surface area contributed by atoms with E-state index >= 15 is 0 Å². The molecule has 0 amide bonds. The molecule has 0 saturated heterocycles. The fraction of sp³-hybridized carbons (Fsp3) is 0.909. The van der Waals surface area contributed by atoms with Crippen molar-refractivity contribution >= 4 is 11.9 Å². The molecule has 0 heterocycles. The van der Waals surface area contributed by atoms with E-state index in [4.69, 9.17) is 9.47 Å². The summed E-state index contributed by atoms with van der Waals surface area (Å²) in [5.74, 6) is 0.969. The number of carbonyl (C=O) groups is 2. The highest BCUT2D eigenvalue weighted by atomic mass is 16.5. The third kappa shape index (κ3) is 17.8. The minimum absolute atomic E-state index is 0.0386. The molecule has 0 radical (unpaired) electrons. The van der Waals surface area contributed by atoms with E-state index in [0.29, 0.717) is 31.3 Å². The second-order valence-electron chi connectivity index (χ2n) is 8.32. The predicted molar refractivity (Wildman–Crippen MR) is 107 cm³/mol. The van der Waals surface area contributed by atoms with Crippen LogP contribution in [0.25, 0.3) is 0 Å². The van der Waals surface area contributed by atoms with Crippen LogP contribution in [0.4, 0.5) is 0 Å². The lowest BCUT2D eigenvalue weighted by molar-refractivity contribution is -0.148. The monoisotopic (exact) mass is 370 g/mol. The Kier molecular flexibility index (Phi) is 15.5. The lowest BCUT2D eigenvalue weighted by Gasteiger charge is -2.13. The van der Waals surface area contributed by atoms with Crippen molar-refractivity contribution in [1.29, 1.82) is 0 Å². The Morgan fingerprint density at radius 2 is 1.19 bits per heavy atom. The van der Waals surface area contributed by atoms with E-state index in [-0.39, 0.29) is 18.0 Å². The normalized spacial score (nSPS) is 12.4. The molecule has 0 aliphatic heterocycles. The number of hydrogen-bond donors (Lipinski definition) is 0. The molecule has 26 heavy (non-hydrogen) atoms. The second-order valence-corrected chi connectivity index (χ2v) is 8.32. The fourth-order valence-corrected chi connectivity index (χ4v) is 2.73. The Hall–Kier alpha value is -1.06. The van der Waals surface area contributed by atoms with Crippen molar-refractivity contribution in [2.24, 2.45) is 11.8 Å². The average molecular weight is 371 g/mol. The van der Waals surface area contributed by atoms with E-state index in [9.17, 15) is 9.59 Å². The molecular weight excluding hydrogens is 328 g/mol. The standard InChI is InChI=1S/C22H42O4/c1-18(2)13-12-14-20(5)26-22(24)16-11-9-7-6-8-10-15-21(23)25-17-19(3)4/h18-20H,6-17H2,1-5H3. The van der Waals surface area contributed by atoms with E-state index < -0.39 is 0 Å². The number of ether oxygens (including phenoxy) is 2. The Bertz CT molecular complexity index is 363. The minimum Gasteiger partial charge on any atom is -0.465 e. The molecule has 0 aromatic carbocycles. The molecule has 0 bridgehead atoms. The average Bonchev–Trinajstić information content (AvgIpc) is 2.54. The predicted octanol–water partition coefficient (Wildman–Crippen LogP) is 6.06. The zero-order valence-corrected chi connectivity index (χ0v) is 17.9. The first-order valence-corrected chi connectivity index (χ1v) is 10.7. The Morgan fingerprint density at radius 3 is 1.73 bits per heavy atom. The van der Waals surface area contributed by atoms with Crippen LogP contribution < -0.4 is 0 Å². The maximum Gasteiger partial charge on any atom is 0.306 e. The first kappa shape index (κ1) is 24.9. The highest BCUT2D eigenvalue weighted by Crippen LogP contribution is 2.13. The van der Waals surface area contributed by atoms with Gasteiger partial charge in [0.2, 0.25) is 0 Å². The molecule has 0 aromatic heterocycles. The number of unbranched alkanes of at least 4 members (excludes halogenated alkanes) is 5. The van der Waals surface area contributed by atoms with Gasteiger partial charge in [-0.1, -0.05) is 59.8 Å². The van der Waals surface area contributed by atoms with E-state index in [1.165, 1.54) is 6.42 Å². The van der Waals surface area contributed by atoms with Crippen LogP contribution in [0.5, 0.6) is 0 Å². The molecule has 0 fully saturated rings. The maximum atomic E-state index is 11.8. The summed E-state index contributed by atoms with van der Waals surface area (Å²) in [7, 11) is 0. The molecule has 0 saturated carbocycles. The zero-order chi connectivity index (χ0) is 19.8. The summed E-state index contributed by atoms with van der Waals surface area (Å²) < 4.78 is 10.6. The van der Waals surface area contributed by atoms with Crippen molar-refractivity contribution in [3.05, 3.63) is 0 Å². The number of rotatable bonds is 16. The first-order valence-electron chi connectivity index (χ1n) is 10.7. The molecule has 154 valence electrons. The van der Waals surface area contributed by atoms with Gasteiger partial charge in [-0.25, -0.2) is 0 Å². The molecule has 0 aliphatic rings. The molecule has 0 aliphatic carbocycles. The molecule has 0 rings (SSSR count). The highest BCUT2D eigenvalue weighted by Gasteiger charge is 2.09. The van der Waals surface area contributed by atoms with Gasteiger partial charge in [0.05, 0.1) is 12.7 Å². The summed E-state index contributed by atoms with van der Waals surface area (Å²) >= 11 is 0. The fourth-order valence-electron chi connectivity index (χ4n) is 2.73. The number of carbonyl (C=O) groups excluding carboxylic acids is 2. The molecular formula is C22H42O4. The SMILES string of the molecule is CC(C)CCCC(C)OC(=O)CCCCCCCCC(=O)OCC(C)C. The van der Waals surface area contributed by atoms with Crippen LogP contribution in [-0.4, -0.2) is 24.6 Å². The van der Waals surface area contributed by atoms with Crippen LogP contribution >= 0.6 is 0 Å². The molecule has 0 spiro atoms. The van der Waals surface area contributed by atoms with Gasteiger partial charge >= 0.3 is 11.9 Å². The van der Waals surface area contributed by atoms with Gasteiger partial charge in [0.15, 0.2) is 0 Å². The van der Waals surface area contributed by atoms with E-state index in [1.807, 2.05) is 20.8 Å². The van der Waals surface area contributed by atoms with Crippen LogP contribution in [0.3, 0.4) is 0 Å². The lowest BCUT2D eigenvalue weighted by atomic mass is 10.0. The third-order valence-electron chi connectivity index (χ3n) is 4.31. The van der Waals surface area contributed by atoms with Gasteiger partial charge in [0, 0.05) is 12.8 Å². The Morgan fingerprint density at radius 1 is 0.654 bits per heavy atom. The summed E-state index contributed by atoms with van der Waals surface area (Å²) in [6.45, 7) is 11.0. The van der Waals surface area contributed by atoms with Crippen molar-refractivity contribution in [2.45, 2.75) is 111 Å². The summed E-state index contributed by atoms with van der Waals surface area (Å²) in [6, 6.07) is 0. The third-order valence-corrected chi connectivity index (χ3v) is 4.31. The van der Waals surface area contributed by atoms with E-state index in [2.05, 4.69) is 13.8 Å². The van der Waals surface area contributed by atoms with Gasteiger partial charge in [0.1, 0.15) is 0 Å². The molecule has 1 unspecified atom stereocenters. The van der Waals surface area contributed by atoms with Crippen molar-refractivity contribution in [2.75, 3.05) is 6.61 Å². The highest BCUT2D eigenvalue weighted by molar-refractivity contribution is 5.69. The van der Waals surface area contributed by atoms with Crippen LogP contribution in [0.15, 0.2) is 0 Å². The maximum absolute atomic E-state index is 11.8. The van der Waals surface area contributed by atoms with Crippen LogP contribution in [0.2, 0.25) is 0 Å². The van der Waals surface area contributed by atoms with Gasteiger partial charge in [-0.05, 0) is 44.4 Å². The summed E-state index contributed by atoms with van der Waals surface area (Å²) in [5.41, 5.74) is 0. The first-order chi connectivity index (χ1) is 12.3. The molecule has 4 nitrogen and oxygen atoms in total. The topological polar surface area (TPSA) is 52.6 Å². The van der Waals surface area contributed by atoms with Gasteiger partial charge in [0.25, 0.3) is 0 Å². The Labute approximate surface area is 161 Å². The van der Waals surface area contributed by atoms with Crippen molar-refractivity contribution in [3.63, 3.8) is 0 Å². The minimum atomic E-state index is -0.0797. The van der Waals surface area contributed by atoms with Crippen LogP contribution in [0.1, 0.15) is 105 Å². The van der Waals surface area contributed by atoms with Crippen molar-refractivity contribution in [1.82, 2.24) is 0 Å². The van der Waals surface area contributed by atoms with Gasteiger partial charge < -0.3 is 9.47 Å².